The summed E-state index contributed by atoms with van der Waals surface area (Å²) in [6, 6.07) is 3.85. The predicted octanol–water partition coefficient (Wildman–Crippen LogP) is 1.69. The van der Waals surface area contributed by atoms with Crippen molar-refractivity contribution in [3.05, 3.63) is 23.8 Å². The van der Waals surface area contributed by atoms with Gasteiger partial charge in [-0.3, -0.25) is 0 Å². The molecule has 1 aliphatic heterocycles. The summed E-state index contributed by atoms with van der Waals surface area (Å²) in [6.07, 6.45) is 3.11. The van der Waals surface area contributed by atoms with Crippen molar-refractivity contribution in [3.8, 4) is 0 Å². The van der Waals surface area contributed by atoms with Crippen LogP contribution in [0.1, 0.15) is 36.5 Å². The van der Waals surface area contributed by atoms with E-state index in [4.69, 9.17) is 4.74 Å². The van der Waals surface area contributed by atoms with Crippen LogP contribution in [0.25, 0.3) is 0 Å². The number of methoxy groups -OCH3 is 1. The zero-order valence-corrected chi connectivity index (χ0v) is 14.8. The maximum absolute atomic E-state index is 12.8. The second-order valence-electron chi connectivity index (χ2n) is 6.01. The van der Waals surface area contributed by atoms with Crippen molar-refractivity contribution in [1.29, 1.82) is 0 Å². The Morgan fingerprint density at radius 1 is 1.33 bits per heavy atom. The fourth-order valence-electron chi connectivity index (χ4n) is 2.87. The van der Waals surface area contributed by atoms with Crippen molar-refractivity contribution in [2.24, 2.45) is 0 Å². The van der Waals surface area contributed by atoms with Gasteiger partial charge >= 0.3 is 5.97 Å². The average molecular weight is 356 g/mol. The smallest absolute Gasteiger partial charge is 0.335 e. The highest BCUT2D eigenvalue weighted by Crippen LogP contribution is 2.29. The molecule has 0 bridgehead atoms. The molecule has 7 nitrogen and oxygen atoms in total. The number of piperidine rings is 1. The first kappa shape index (κ1) is 18.7. The van der Waals surface area contributed by atoms with Crippen LogP contribution in [0.2, 0.25) is 0 Å². The monoisotopic (exact) mass is 356 g/mol. The first-order valence-corrected chi connectivity index (χ1v) is 9.47. The summed E-state index contributed by atoms with van der Waals surface area (Å²) in [4.78, 5) is 13.3. The van der Waals surface area contributed by atoms with Gasteiger partial charge in [-0.1, -0.05) is 0 Å². The lowest BCUT2D eigenvalue weighted by Crippen LogP contribution is -2.37. The molecule has 0 amide bonds. The third-order valence-electron chi connectivity index (χ3n) is 3.97. The van der Waals surface area contributed by atoms with Gasteiger partial charge in [-0.05, 0) is 44.4 Å². The van der Waals surface area contributed by atoms with Crippen molar-refractivity contribution in [2.75, 3.05) is 31.7 Å². The minimum atomic E-state index is -3.85. The molecule has 134 valence electrons. The summed E-state index contributed by atoms with van der Waals surface area (Å²) in [5, 5.41) is 9.19. The predicted molar refractivity (Wildman–Crippen MR) is 91.1 cm³/mol. The maximum atomic E-state index is 12.8. The number of nitrogens with one attached hydrogen (secondary N) is 1. The van der Waals surface area contributed by atoms with Crippen molar-refractivity contribution < 1.29 is 23.1 Å². The van der Waals surface area contributed by atoms with E-state index in [-0.39, 0.29) is 17.1 Å². The van der Waals surface area contributed by atoms with Crippen LogP contribution in [-0.2, 0) is 14.8 Å². The van der Waals surface area contributed by atoms with Crippen molar-refractivity contribution in [3.63, 3.8) is 0 Å². The number of anilines is 1. The van der Waals surface area contributed by atoms with Crippen LogP contribution in [0, 0.1) is 0 Å². The molecule has 1 atom stereocenters. The Labute approximate surface area is 142 Å². The van der Waals surface area contributed by atoms with Gasteiger partial charge in [0.2, 0.25) is 10.0 Å². The van der Waals surface area contributed by atoms with E-state index in [2.05, 4.69) is 4.72 Å². The van der Waals surface area contributed by atoms with Gasteiger partial charge in [0, 0.05) is 26.2 Å². The fourth-order valence-corrected chi connectivity index (χ4v) is 4.35. The van der Waals surface area contributed by atoms with Crippen molar-refractivity contribution in [2.45, 2.75) is 37.1 Å². The second kappa shape index (κ2) is 7.96. The Morgan fingerprint density at radius 2 is 2.00 bits per heavy atom. The van der Waals surface area contributed by atoms with Crippen LogP contribution in [0.5, 0.6) is 0 Å². The Hall–Kier alpha value is -1.64. The lowest BCUT2D eigenvalue weighted by atomic mass is 10.1. The highest BCUT2D eigenvalue weighted by atomic mass is 32.2. The van der Waals surface area contributed by atoms with Gasteiger partial charge in [0.15, 0.2) is 0 Å². The van der Waals surface area contributed by atoms with Crippen molar-refractivity contribution >= 4 is 21.7 Å². The molecule has 1 aliphatic rings. The number of benzene rings is 1. The molecule has 8 heteroatoms. The number of carbonyl (C=O) groups is 1. The molecule has 0 saturated carbocycles. The van der Waals surface area contributed by atoms with Gasteiger partial charge in [-0.25, -0.2) is 17.9 Å². The minimum Gasteiger partial charge on any atom is -0.478 e. The molecule has 1 aromatic carbocycles. The lowest BCUT2D eigenvalue weighted by Gasteiger charge is -2.30. The number of carboxylic acid groups (broad SMARTS) is 1. The van der Waals surface area contributed by atoms with Gasteiger partial charge in [0.1, 0.15) is 4.90 Å². The van der Waals surface area contributed by atoms with Gasteiger partial charge in [-0.2, -0.15) is 0 Å². The quantitative estimate of drug-likeness (QED) is 0.772. The first-order chi connectivity index (χ1) is 11.3. The van der Waals surface area contributed by atoms with E-state index in [0.29, 0.717) is 5.69 Å². The van der Waals surface area contributed by atoms with E-state index in [9.17, 15) is 18.3 Å². The van der Waals surface area contributed by atoms with Crippen LogP contribution < -0.4 is 9.62 Å². The zero-order chi connectivity index (χ0) is 17.7. The molecule has 1 fully saturated rings. The minimum absolute atomic E-state index is 0.00672. The normalized spacial score (nSPS) is 16.8. The summed E-state index contributed by atoms with van der Waals surface area (Å²) < 4.78 is 33.0. The molecule has 0 aromatic heterocycles. The molecule has 0 aliphatic carbocycles. The summed E-state index contributed by atoms with van der Waals surface area (Å²) in [5.74, 6) is -1.15. The van der Waals surface area contributed by atoms with Crippen LogP contribution in [0.3, 0.4) is 0 Å². The van der Waals surface area contributed by atoms with Gasteiger partial charge in [-0.15, -0.1) is 0 Å². The molecular weight excluding hydrogens is 332 g/mol. The number of hydrogen-bond acceptors (Lipinski definition) is 5. The van der Waals surface area contributed by atoms with Crippen LogP contribution in [0.4, 0.5) is 5.69 Å². The molecule has 1 aromatic rings. The largest absolute Gasteiger partial charge is 0.478 e. The topological polar surface area (TPSA) is 95.9 Å². The standard InChI is InChI=1S/C16H24N2O5S/c1-12(11-23-2)17-24(21,22)15-10-13(16(19)20)6-7-14(15)18-8-4-3-5-9-18/h6-7,10,12,17H,3-5,8-9,11H2,1-2H3,(H,19,20)/t12-/m1/s1. The van der Waals surface area contributed by atoms with Gasteiger partial charge in [0.25, 0.3) is 0 Å². The van der Waals surface area contributed by atoms with Crippen LogP contribution in [0.15, 0.2) is 23.1 Å². The summed E-state index contributed by atoms with van der Waals surface area (Å²) >= 11 is 0. The van der Waals surface area contributed by atoms with E-state index >= 15 is 0 Å². The molecule has 2 N–H and O–H groups in total. The van der Waals surface area contributed by atoms with Crippen LogP contribution >= 0.6 is 0 Å². The molecule has 2 rings (SSSR count). The molecule has 0 spiro atoms. The second-order valence-corrected chi connectivity index (χ2v) is 7.70. The third-order valence-corrected chi connectivity index (χ3v) is 5.58. The number of aromatic carboxylic acids is 1. The molecule has 1 heterocycles. The van der Waals surface area contributed by atoms with E-state index < -0.39 is 22.0 Å². The highest BCUT2D eigenvalue weighted by Gasteiger charge is 2.26. The Balaban J connectivity index is 2.43. The number of sulfonamides is 1. The van der Waals surface area contributed by atoms with Gasteiger partial charge in [0.05, 0.1) is 17.9 Å². The molecule has 0 radical (unpaired) electrons. The maximum Gasteiger partial charge on any atom is 0.335 e. The van der Waals surface area contributed by atoms with Gasteiger partial charge < -0.3 is 14.7 Å². The highest BCUT2D eigenvalue weighted by molar-refractivity contribution is 7.89. The average Bonchev–Trinajstić information content (AvgIpc) is 2.54. The third kappa shape index (κ3) is 4.46. The molecular formula is C16H24N2O5S. The number of rotatable bonds is 7. The Kier molecular flexibility index (Phi) is 6.20. The number of nitrogens with zero attached hydrogens (tertiary/aromatic N) is 1. The fraction of sp³-hybridized carbons (Fsp3) is 0.562. The SMILES string of the molecule is COC[C@@H](C)NS(=O)(=O)c1cc(C(=O)O)ccc1N1CCCCC1. The summed E-state index contributed by atoms with van der Waals surface area (Å²) in [6.45, 7) is 3.46. The lowest BCUT2D eigenvalue weighted by molar-refractivity contribution is 0.0696. The van der Waals surface area contributed by atoms with E-state index in [1.807, 2.05) is 4.90 Å². The number of carboxylic acids is 1. The first-order valence-electron chi connectivity index (χ1n) is 7.98. The van der Waals surface area contributed by atoms with E-state index in [1.54, 1.807) is 13.0 Å². The summed E-state index contributed by atoms with van der Waals surface area (Å²) in [7, 11) is -2.36. The number of hydrogen-bond donors (Lipinski definition) is 2. The molecule has 0 unspecified atom stereocenters. The van der Waals surface area contributed by atoms with E-state index in [1.165, 1.54) is 19.2 Å². The molecule has 1 saturated heterocycles. The van der Waals surface area contributed by atoms with Crippen molar-refractivity contribution in [1.82, 2.24) is 4.72 Å². The number of ether oxygens (including phenoxy) is 1. The van der Waals surface area contributed by atoms with Crippen LogP contribution in [-0.4, -0.2) is 52.3 Å². The van der Waals surface area contributed by atoms with E-state index in [0.717, 1.165) is 32.4 Å². The summed E-state index contributed by atoms with van der Waals surface area (Å²) in [5.41, 5.74) is 0.507. The molecule has 24 heavy (non-hydrogen) atoms. The zero-order valence-electron chi connectivity index (χ0n) is 14.0. The Morgan fingerprint density at radius 3 is 2.58 bits per heavy atom. The Bertz CT molecular complexity index is 684.